The molecule has 2 radical (unpaired) electrons. The van der Waals surface area contributed by atoms with Crippen LogP contribution in [0.3, 0.4) is 0 Å². The highest BCUT2D eigenvalue weighted by atomic mass is 19.1. The van der Waals surface area contributed by atoms with Crippen LogP contribution in [-0.4, -0.2) is 51.3 Å². The van der Waals surface area contributed by atoms with Crippen LogP contribution in [0.5, 0.6) is 0 Å². The Bertz CT molecular complexity index is 188. The molecule has 3 atom stereocenters. The van der Waals surface area contributed by atoms with Gasteiger partial charge in [-0.1, -0.05) is 5.82 Å². The smallest absolute Gasteiger partial charge is 0.115 e. The number of methoxy groups -OCH3 is 1. The Balaban J connectivity index is 2.11. The number of ether oxygens (including phenoxy) is 1. The van der Waals surface area contributed by atoms with Crippen molar-refractivity contribution in [3.05, 3.63) is 0 Å². The standard InChI is InChI=1S/C9H15BFNO/c1-13-6-9-2-7(10)4-12(9)5-8(11)3-9/h7-8H,2-6H2,1H3. The normalized spacial score (nSPS) is 45.4. The number of rotatable bonds is 2. The summed E-state index contributed by atoms with van der Waals surface area (Å²) < 4.78 is 18.4. The molecule has 2 aliphatic heterocycles. The van der Waals surface area contributed by atoms with Gasteiger partial charge >= 0.3 is 0 Å². The second-order valence-corrected chi connectivity index (χ2v) is 4.33. The van der Waals surface area contributed by atoms with E-state index in [-0.39, 0.29) is 11.4 Å². The van der Waals surface area contributed by atoms with Gasteiger partial charge in [-0.25, -0.2) is 4.39 Å². The van der Waals surface area contributed by atoms with Crippen LogP contribution < -0.4 is 0 Å². The van der Waals surface area contributed by atoms with Crippen molar-refractivity contribution in [2.24, 2.45) is 0 Å². The summed E-state index contributed by atoms with van der Waals surface area (Å²) in [6.45, 7) is 1.97. The Morgan fingerprint density at radius 1 is 1.54 bits per heavy atom. The maximum atomic E-state index is 13.2. The van der Waals surface area contributed by atoms with Gasteiger partial charge in [0, 0.05) is 25.6 Å². The molecule has 2 rings (SSSR count). The summed E-state index contributed by atoms with van der Waals surface area (Å²) in [7, 11) is 7.54. The summed E-state index contributed by atoms with van der Waals surface area (Å²) in [6.07, 6.45) is 0.776. The largest absolute Gasteiger partial charge is 0.383 e. The maximum absolute atomic E-state index is 13.2. The van der Waals surface area contributed by atoms with E-state index in [2.05, 4.69) is 4.90 Å². The Labute approximate surface area is 79.8 Å². The third-order valence-electron chi connectivity index (χ3n) is 3.20. The topological polar surface area (TPSA) is 12.5 Å². The first-order valence-corrected chi connectivity index (χ1v) is 4.80. The molecule has 2 aliphatic rings. The van der Waals surface area contributed by atoms with Crippen molar-refractivity contribution >= 4 is 7.85 Å². The fraction of sp³-hybridized carbons (Fsp3) is 1.00. The molecular formula is C9H15BFNO. The van der Waals surface area contributed by atoms with Crippen LogP contribution in [0.1, 0.15) is 12.8 Å². The van der Waals surface area contributed by atoms with Crippen molar-refractivity contribution in [2.45, 2.75) is 30.4 Å². The van der Waals surface area contributed by atoms with Crippen molar-refractivity contribution < 1.29 is 9.13 Å². The van der Waals surface area contributed by atoms with Gasteiger partial charge in [-0.05, 0) is 13.0 Å². The Hall–Kier alpha value is -0.0851. The molecule has 0 bridgehead atoms. The Morgan fingerprint density at radius 2 is 2.31 bits per heavy atom. The average Bonchev–Trinajstić information content (AvgIpc) is 2.40. The van der Waals surface area contributed by atoms with Crippen LogP contribution in [0, 0.1) is 0 Å². The number of hydrogen-bond acceptors (Lipinski definition) is 2. The van der Waals surface area contributed by atoms with Gasteiger partial charge in [0.2, 0.25) is 0 Å². The lowest BCUT2D eigenvalue weighted by atomic mass is 9.80. The highest BCUT2D eigenvalue weighted by Gasteiger charge is 2.50. The zero-order valence-electron chi connectivity index (χ0n) is 8.00. The van der Waals surface area contributed by atoms with E-state index in [1.807, 2.05) is 0 Å². The second kappa shape index (κ2) is 3.25. The molecule has 2 heterocycles. The number of alkyl halides is 1. The van der Waals surface area contributed by atoms with Crippen LogP contribution in [0.15, 0.2) is 0 Å². The minimum atomic E-state index is -0.692. The maximum Gasteiger partial charge on any atom is 0.115 e. The van der Waals surface area contributed by atoms with Gasteiger partial charge in [-0.15, -0.1) is 0 Å². The molecule has 0 aromatic carbocycles. The van der Waals surface area contributed by atoms with E-state index < -0.39 is 6.17 Å². The predicted octanol–water partition coefficient (Wildman–Crippen LogP) is 0.776. The molecule has 0 aliphatic carbocycles. The van der Waals surface area contributed by atoms with Crippen molar-refractivity contribution in [1.29, 1.82) is 0 Å². The SMILES string of the molecule is [B]C1CN2CC(F)CC2(COC)C1. The molecule has 0 saturated carbocycles. The number of hydrogen-bond donors (Lipinski definition) is 0. The molecule has 2 fully saturated rings. The highest BCUT2D eigenvalue weighted by Crippen LogP contribution is 2.43. The second-order valence-electron chi connectivity index (χ2n) is 4.33. The lowest BCUT2D eigenvalue weighted by Crippen LogP contribution is -2.42. The van der Waals surface area contributed by atoms with E-state index in [1.54, 1.807) is 7.11 Å². The van der Waals surface area contributed by atoms with Crippen molar-refractivity contribution in [2.75, 3.05) is 26.8 Å². The van der Waals surface area contributed by atoms with E-state index >= 15 is 0 Å². The minimum absolute atomic E-state index is 0.0897. The van der Waals surface area contributed by atoms with Crippen molar-refractivity contribution in [1.82, 2.24) is 4.90 Å². The zero-order chi connectivity index (χ0) is 9.47. The molecular weight excluding hydrogens is 168 g/mol. The molecule has 0 spiro atoms. The Morgan fingerprint density at radius 3 is 3.00 bits per heavy atom. The molecule has 4 heteroatoms. The quantitative estimate of drug-likeness (QED) is 0.586. The van der Waals surface area contributed by atoms with Crippen molar-refractivity contribution in [3.63, 3.8) is 0 Å². The van der Waals surface area contributed by atoms with E-state index in [9.17, 15) is 4.39 Å². The molecule has 72 valence electrons. The van der Waals surface area contributed by atoms with Crippen LogP contribution in [-0.2, 0) is 4.74 Å². The fourth-order valence-corrected chi connectivity index (χ4v) is 2.83. The molecule has 2 saturated heterocycles. The van der Waals surface area contributed by atoms with E-state index in [1.165, 1.54) is 0 Å². The fourth-order valence-electron chi connectivity index (χ4n) is 2.83. The van der Waals surface area contributed by atoms with E-state index in [0.717, 1.165) is 13.0 Å². The minimum Gasteiger partial charge on any atom is -0.383 e. The first kappa shape index (κ1) is 9.47. The zero-order valence-corrected chi connectivity index (χ0v) is 8.00. The summed E-state index contributed by atoms with van der Waals surface area (Å²) in [5.41, 5.74) is -0.0897. The lowest BCUT2D eigenvalue weighted by molar-refractivity contribution is 0.0652. The first-order chi connectivity index (χ1) is 6.16. The van der Waals surface area contributed by atoms with Gasteiger partial charge < -0.3 is 4.74 Å². The van der Waals surface area contributed by atoms with E-state index in [4.69, 9.17) is 12.6 Å². The molecule has 0 aromatic heterocycles. The van der Waals surface area contributed by atoms with Crippen LogP contribution >= 0.6 is 0 Å². The van der Waals surface area contributed by atoms with Gasteiger partial charge in [0.15, 0.2) is 0 Å². The third kappa shape index (κ3) is 1.50. The molecule has 13 heavy (non-hydrogen) atoms. The van der Waals surface area contributed by atoms with Gasteiger partial charge in [0.25, 0.3) is 0 Å². The number of halogens is 1. The molecule has 3 unspecified atom stereocenters. The number of fused-ring (bicyclic) bond motifs is 1. The lowest BCUT2D eigenvalue weighted by Gasteiger charge is -2.30. The van der Waals surface area contributed by atoms with Gasteiger partial charge in [0.1, 0.15) is 6.17 Å². The van der Waals surface area contributed by atoms with Gasteiger partial charge in [-0.3, -0.25) is 4.90 Å². The summed E-state index contributed by atoms with van der Waals surface area (Å²) >= 11 is 0. The first-order valence-electron chi connectivity index (χ1n) is 4.80. The molecule has 0 N–H and O–H groups in total. The highest BCUT2D eigenvalue weighted by molar-refractivity contribution is 6.12. The predicted molar refractivity (Wildman–Crippen MR) is 49.8 cm³/mol. The van der Waals surface area contributed by atoms with Crippen molar-refractivity contribution in [3.8, 4) is 0 Å². The summed E-state index contributed by atoms with van der Waals surface area (Å²) in [4.78, 5) is 2.16. The summed E-state index contributed by atoms with van der Waals surface area (Å²) in [5, 5.41) is 0. The monoisotopic (exact) mass is 183 g/mol. The number of nitrogens with zero attached hydrogens (tertiary/aromatic N) is 1. The summed E-state index contributed by atoms with van der Waals surface area (Å²) in [5.74, 6) is 0.197. The van der Waals surface area contributed by atoms with Crippen LogP contribution in [0.25, 0.3) is 0 Å². The molecule has 2 nitrogen and oxygen atoms in total. The average molecular weight is 183 g/mol. The van der Waals surface area contributed by atoms with Gasteiger partial charge in [0.05, 0.1) is 14.5 Å². The van der Waals surface area contributed by atoms with Crippen LogP contribution in [0.2, 0.25) is 5.82 Å². The van der Waals surface area contributed by atoms with Crippen LogP contribution in [0.4, 0.5) is 4.39 Å². The molecule has 0 amide bonds. The Kier molecular flexibility index (Phi) is 2.36. The van der Waals surface area contributed by atoms with Gasteiger partial charge in [-0.2, -0.15) is 0 Å². The summed E-state index contributed by atoms with van der Waals surface area (Å²) in [6, 6.07) is 0. The molecule has 0 aromatic rings. The van der Waals surface area contributed by atoms with E-state index in [0.29, 0.717) is 19.6 Å². The third-order valence-corrected chi connectivity index (χ3v) is 3.20.